The van der Waals surface area contributed by atoms with E-state index in [1.807, 2.05) is 6.26 Å². The van der Waals surface area contributed by atoms with Crippen LogP contribution in [0.1, 0.15) is 44.9 Å². The van der Waals surface area contributed by atoms with E-state index in [0.29, 0.717) is 0 Å². The van der Waals surface area contributed by atoms with E-state index in [2.05, 4.69) is 28.8 Å². The summed E-state index contributed by atoms with van der Waals surface area (Å²) in [7, 11) is 0. The van der Waals surface area contributed by atoms with Crippen LogP contribution >= 0.6 is 11.8 Å². The molecular weight excluding hydrogens is 314 g/mol. The standard InChI is InChI=1S/C21H27NOS/c1-4-15-5-2-13(1)10-22(15)21-9-17-8-19(20(21)12-24-17)18-7-16-6-3-14(18)11-23-16/h6-7,11,13,15,17,19-21H,1-5,8-10,12H2. The molecule has 2 nitrogen and oxygen atoms in total. The number of thioether (sulfide) groups is 1. The van der Waals surface area contributed by atoms with Gasteiger partial charge in [0.2, 0.25) is 0 Å². The van der Waals surface area contributed by atoms with Crippen LogP contribution in [-0.2, 0) is 4.74 Å². The summed E-state index contributed by atoms with van der Waals surface area (Å²) in [5, 5.41) is 0.891. The predicted molar refractivity (Wildman–Crippen MR) is 98.7 cm³/mol. The summed E-state index contributed by atoms with van der Waals surface area (Å²) in [6.07, 6.45) is 16.6. The first-order valence-electron chi connectivity index (χ1n) is 10.0. The van der Waals surface area contributed by atoms with Crippen molar-refractivity contribution in [3.8, 4) is 0 Å². The van der Waals surface area contributed by atoms with Crippen LogP contribution < -0.4 is 0 Å². The maximum Gasteiger partial charge on any atom is 0.123 e. The highest BCUT2D eigenvalue weighted by Crippen LogP contribution is 2.53. The molecule has 2 saturated carbocycles. The van der Waals surface area contributed by atoms with Crippen LogP contribution in [0.25, 0.3) is 0 Å². The van der Waals surface area contributed by atoms with Gasteiger partial charge >= 0.3 is 0 Å². The first-order chi connectivity index (χ1) is 11.8. The number of allylic oxidation sites excluding steroid dienone is 4. The van der Waals surface area contributed by atoms with Gasteiger partial charge in [0.15, 0.2) is 0 Å². The van der Waals surface area contributed by atoms with Crippen molar-refractivity contribution in [3.63, 3.8) is 0 Å². The van der Waals surface area contributed by atoms with E-state index in [4.69, 9.17) is 4.74 Å². The summed E-state index contributed by atoms with van der Waals surface area (Å²) in [6.45, 7) is 1.41. The second kappa shape index (κ2) is 5.41. The smallest absolute Gasteiger partial charge is 0.123 e. The molecule has 3 heteroatoms. The summed E-state index contributed by atoms with van der Waals surface area (Å²) in [4.78, 5) is 2.99. The van der Waals surface area contributed by atoms with Gasteiger partial charge in [-0.1, -0.05) is 0 Å². The highest BCUT2D eigenvalue weighted by Gasteiger charge is 2.50. The first kappa shape index (κ1) is 14.5. The lowest BCUT2D eigenvalue weighted by Gasteiger charge is -2.57. The minimum atomic E-state index is 0.786. The maximum atomic E-state index is 5.67. The van der Waals surface area contributed by atoms with Crippen molar-refractivity contribution < 1.29 is 4.74 Å². The van der Waals surface area contributed by atoms with Gasteiger partial charge in [-0.3, -0.25) is 4.90 Å². The molecule has 4 atom stereocenters. The Kier molecular flexibility index (Phi) is 3.27. The van der Waals surface area contributed by atoms with Crippen molar-refractivity contribution in [1.82, 2.24) is 4.90 Å². The molecule has 6 bridgehead atoms. The Labute approximate surface area is 149 Å². The van der Waals surface area contributed by atoms with Crippen molar-refractivity contribution in [2.24, 2.45) is 17.8 Å². The van der Waals surface area contributed by atoms with Crippen LogP contribution in [0, 0.1) is 17.8 Å². The van der Waals surface area contributed by atoms with Crippen LogP contribution in [0.3, 0.4) is 0 Å². The molecule has 128 valence electrons. The molecule has 0 aromatic carbocycles. The van der Waals surface area contributed by atoms with Crippen molar-refractivity contribution in [3.05, 3.63) is 35.3 Å². The Morgan fingerprint density at radius 3 is 2.67 bits per heavy atom. The summed E-state index contributed by atoms with van der Waals surface area (Å²) >= 11 is 2.27. The number of ether oxygens (including phenoxy) is 1. The zero-order valence-corrected chi connectivity index (χ0v) is 15.1. The Morgan fingerprint density at radius 2 is 2.04 bits per heavy atom. The maximum absolute atomic E-state index is 5.67. The molecule has 4 saturated heterocycles. The van der Waals surface area contributed by atoms with E-state index < -0.39 is 0 Å². The van der Waals surface area contributed by atoms with Crippen molar-refractivity contribution in [2.45, 2.75) is 62.3 Å². The van der Waals surface area contributed by atoms with Crippen molar-refractivity contribution >= 4 is 11.8 Å². The molecule has 0 radical (unpaired) electrons. The lowest BCUT2D eigenvalue weighted by molar-refractivity contribution is -0.0259. The average molecular weight is 342 g/mol. The third-order valence-electron chi connectivity index (χ3n) is 7.67. The summed E-state index contributed by atoms with van der Waals surface area (Å²) < 4.78 is 5.67. The van der Waals surface area contributed by atoms with E-state index in [-0.39, 0.29) is 0 Å². The van der Waals surface area contributed by atoms with E-state index >= 15 is 0 Å². The number of hydrogen-bond acceptors (Lipinski definition) is 3. The molecule has 6 aliphatic heterocycles. The number of fused-ring (bicyclic) bond motifs is 10. The van der Waals surface area contributed by atoms with Gasteiger partial charge in [-0.15, -0.1) is 0 Å². The molecule has 24 heavy (non-hydrogen) atoms. The van der Waals surface area contributed by atoms with Crippen LogP contribution in [0.5, 0.6) is 0 Å². The number of hydrogen-bond donors (Lipinski definition) is 0. The fourth-order valence-electron chi connectivity index (χ4n) is 6.44. The number of piperidine rings is 2. The predicted octanol–water partition coefficient (Wildman–Crippen LogP) is 4.50. The van der Waals surface area contributed by atoms with E-state index in [9.17, 15) is 0 Å². The van der Waals surface area contributed by atoms with Crippen molar-refractivity contribution in [2.75, 3.05) is 12.3 Å². The number of nitrogens with zero attached hydrogens (tertiary/aromatic N) is 1. The first-order valence-corrected chi connectivity index (χ1v) is 11.0. The van der Waals surface area contributed by atoms with E-state index in [0.717, 1.165) is 47.3 Å². The molecular formula is C21H27NOS. The quantitative estimate of drug-likeness (QED) is 0.734. The molecule has 0 aromatic rings. The molecule has 0 spiro atoms. The van der Waals surface area contributed by atoms with Gasteiger partial charge in [-0.25, -0.2) is 0 Å². The summed E-state index contributed by atoms with van der Waals surface area (Å²) in [6, 6.07) is 1.77. The van der Waals surface area contributed by atoms with Gasteiger partial charge in [-0.2, -0.15) is 11.8 Å². The molecule has 6 heterocycles. The SMILES string of the molecule is C1=C2C=C(C3CC4CC(N5CC6CCC5CC6)C3CS4)C(=CO2)C1. The summed E-state index contributed by atoms with van der Waals surface area (Å²) in [5.74, 6) is 5.15. The normalized spacial score (nSPS) is 46.4. The van der Waals surface area contributed by atoms with Gasteiger partial charge in [0.25, 0.3) is 0 Å². The van der Waals surface area contributed by atoms with Gasteiger partial charge in [0, 0.05) is 23.9 Å². The Balaban J connectivity index is 1.31. The number of rotatable bonds is 2. The highest BCUT2D eigenvalue weighted by molar-refractivity contribution is 8.00. The minimum absolute atomic E-state index is 0.786. The van der Waals surface area contributed by atoms with Crippen LogP contribution in [0.4, 0.5) is 0 Å². The summed E-state index contributed by atoms with van der Waals surface area (Å²) in [5.41, 5.74) is 3.10. The lowest BCUT2D eigenvalue weighted by atomic mass is 9.67. The van der Waals surface area contributed by atoms with E-state index in [1.54, 1.807) is 5.57 Å². The van der Waals surface area contributed by atoms with Crippen molar-refractivity contribution in [1.29, 1.82) is 0 Å². The fraction of sp³-hybridized carbons (Fsp3) is 0.714. The van der Waals surface area contributed by atoms with Gasteiger partial charge < -0.3 is 4.74 Å². The molecule has 9 rings (SSSR count). The molecule has 3 aliphatic carbocycles. The molecule has 0 aromatic heterocycles. The Morgan fingerprint density at radius 1 is 1.12 bits per heavy atom. The van der Waals surface area contributed by atoms with E-state index in [1.165, 1.54) is 56.4 Å². The monoisotopic (exact) mass is 341 g/mol. The zero-order chi connectivity index (χ0) is 15.7. The van der Waals surface area contributed by atoms with Crippen LogP contribution in [-0.4, -0.2) is 34.5 Å². The largest absolute Gasteiger partial charge is 0.465 e. The Hall–Kier alpha value is -0.670. The second-order valence-electron chi connectivity index (χ2n) is 8.81. The van der Waals surface area contributed by atoms with Gasteiger partial charge in [0.05, 0.1) is 6.26 Å². The third-order valence-corrected chi connectivity index (χ3v) is 9.10. The third kappa shape index (κ3) is 2.13. The highest BCUT2D eigenvalue weighted by atomic mass is 32.2. The Bertz CT molecular complexity index is 642. The van der Waals surface area contributed by atoms with Crippen LogP contribution in [0.2, 0.25) is 0 Å². The van der Waals surface area contributed by atoms with Gasteiger partial charge in [-0.05, 0) is 91.8 Å². The second-order valence-corrected chi connectivity index (χ2v) is 10.1. The topological polar surface area (TPSA) is 12.5 Å². The molecule has 6 fully saturated rings. The fourth-order valence-corrected chi connectivity index (χ4v) is 8.07. The van der Waals surface area contributed by atoms with Crippen LogP contribution in [0.15, 0.2) is 35.3 Å². The average Bonchev–Trinajstić information content (AvgIpc) is 2.70. The molecule has 9 aliphatic rings. The molecule has 0 amide bonds. The molecule has 4 unspecified atom stereocenters. The van der Waals surface area contributed by atoms with Gasteiger partial charge in [0.1, 0.15) is 5.76 Å². The zero-order valence-electron chi connectivity index (χ0n) is 14.3. The minimum Gasteiger partial charge on any atom is -0.465 e. The molecule has 0 N–H and O–H groups in total. The lowest BCUT2D eigenvalue weighted by Crippen LogP contribution is -2.60.